The largest absolute Gasteiger partial charge is 0.383 e. The molecule has 1 atom stereocenters. The molecule has 1 aromatic carbocycles. The van der Waals surface area contributed by atoms with Gasteiger partial charge in [0, 0.05) is 55.4 Å². The third-order valence-electron chi connectivity index (χ3n) is 5.60. The van der Waals surface area contributed by atoms with Gasteiger partial charge in [-0.3, -0.25) is 9.48 Å². The van der Waals surface area contributed by atoms with Crippen molar-refractivity contribution in [2.75, 3.05) is 24.1 Å². The predicted molar refractivity (Wildman–Crippen MR) is 123 cm³/mol. The Kier molecular flexibility index (Phi) is 6.07. The lowest BCUT2D eigenvalue weighted by Crippen LogP contribution is -2.40. The van der Waals surface area contributed by atoms with Crippen LogP contribution >= 0.6 is 0 Å². The Labute approximate surface area is 186 Å². The molecular formula is C23H27N7O2. The van der Waals surface area contributed by atoms with Crippen LogP contribution in [0.15, 0.2) is 48.9 Å². The lowest BCUT2D eigenvalue weighted by atomic mass is 10.1. The third kappa shape index (κ3) is 4.72. The van der Waals surface area contributed by atoms with E-state index in [-0.39, 0.29) is 23.8 Å². The minimum Gasteiger partial charge on any atom is -0.383 e. The summed E-state index contributed by atoms with van der Waals surface area (Å²) >= 11 is 0. The molecule has 2 aromatic heterocycles. The molecule has 0 bridgehead atoms. The minimum absolute atomic E-state index is 0.156. The number of likely N-dealkylation sites (tertiary alicyclic amines) is 1. The quantitative estimate of drug-likeness (QED) is 0.572. The Morgan fingerprint density at radius 2 is 2.06 bits per heavy atom. The molecule has 3 aromatic rings. The van der Waals surface area contributed by atoms with Gasteiger partial charge in [-0.15, -0.1) is 0 Å². The van der Waals surface area contributed by atoms with Crippen molar-refractivity contribution in [3.63, 3.8) is 0 Å². The fourth-order valence-electron chi connectivity index (χ4n) is 3.78. The van der Waals surface area contributed by atoms with Crippen molar-refractivity contribution in [2.24, 2.45) is 7.05 Å². The van der Waals surface area contributed by atoms with Crippen molar-refractivity contribution < 1.29 is 9.59 Å². The van der Waals surface area contributed by atoms with Crippen LogP contribution in [-0.4, -0.2) is 50.7 Å². The van der Waals surface area contributed by atoms with Crippen LogP contribution in [0.3, 0.4) is 0 Å². The zero-order chi connectivity index (χ0) is 22.7. The molecule has 9 nitrogen and oxygen atoms in total. The summed E-state index contributed by atoms with van der Waals surface area (Å²) in [6.07, 6.45) is 6.75. The average Bonchev–Trinajstić information content (AvgIpc) is 3.43. The van der Waals surface area contributed by atoms with Crippen LogP contribution in [0, 0.1) is 0 Å². The Bertz CT molecular complexity index is 1140. The molecule has 0 spiro atoms. The number of amides is 3. The van der Waals surface area contributed by atoms with Crippen molar-refractivity contribution in [2.45, 2.75) is 25.8 Å². The summed E-state index contributed by atoms with van der Waals surface area (Å²) in [5.74, 6) is -0.137. The number of hydrogen-bond donors (Lipinski definition) is 3. The van der Waals surface area contributed by atoms with E-state index in [1.54, 1.807) is 28.0 Å². The summed E-state index contributed by atoms with van der Waals surface area (Å²) in [5, 5.41) is 10.1. The van der Waals surface area contributed by atoms with E-state index in [0.717, 1.165) is 28.8 Å². The number of aromatic nitrogens is 3. The van der Waals surface area contributed by atoms with Gasteiger partial charge in [0.1, 0.15) is 5.82 Å². The number of benzene rings is 1. The zero-order valence-electron chi connectivity index (χ0n) is 18.2. The van der Waals surface area contributed by atoms with Crippen LogP contribution in [0.2, 0.25) is 0 Å². The maximum Gasteiger partial charge on any atom is 0.321 e. The molecule has 1 saturated heterocycles. The van der Waals surface area contributed by atoms with Gasteiger partial charge in [-0.1, -0.05) is 19.1 Å². The fraction of sp³-hybridized carbons (Fsp3) is 0.304. The Morgan fingerprint density at radius 3 is 2.81 bits per heavy atom. The SMILES string of the molecule is CCc1cccc(NC(=O)N2CC[C@@H](NC(=O)c3cc(-c4cnn(C)c4)cnc3N)C2)c1. The maximum absolute atomic E-state index is 12.9. The van der Waals surface area contributed by atoms with Gasteiger partial charge >= 0.3 is 6.03 Å². The number of nitrogen functional groups attached to an aromatic ring is 1. The predicted octanol–water partition coefficient (Wildman–Crippen LogP) is 2.66. The van der Waals surface area contributed by atoms with Crippen LogP contribution in [0.1, 0.15) is 29.3 Å². The van der Waals surface area contributed by atoms with Crippen LogP contribution < -0.4 is 16.4 Å². The Morgan fingerprint density at radius 1 is 1.22 bits per heavy atom. The fourth-order valence-corrected chi connectivity index (χ4v) is 3.78. The maximum atomic E-state index is 12.9. The summed E-state index contributed by atoms with van der Waals surface area (Å²) in [6, 6.07) is 9.19. The summed E-state index contributed by atoms with van der Waals surface area (Å²) in [6.45, 7) is 3.07. The van der Waals surface area contributed by atoms with E-state index < -0.39 is 0 Å². The zero-order valence-corrected chi connectivity index (χ0v) is 18.2. The second-order valence-corrected chi connectivity index (χ2v) is 7.95. The number of carbonyl (C=O) groups is 2. The van der Waals surface area contributed by atoms with Crippen LogP contribution in [0.5, 0.6) is 0 Å². The van der Waals surface area contributed by atoms with Crippen LogP contribution in [0.4, 0.5) is 16.3 Å². The monoisotopic (exact) mass is 433 g/mol. The first-order valence-corrected chi connectivity index (χ1v) is 10.6. The third-order valence-corrected chi connectivity index (χ3v) is 5.60. The number of pyridine rings is 1. The lowest BCUT2D eigenvalue weighted by molar-refractivity contribution is 0.0938. The standard InChI is InChI=1S/C23H27N7O2/c1-3-15-5-4-6-18(9-15)28-23(32)30-8-7-19(14-30)27-22(31)20-10-16(11-25-21(20)24)17-12-26-29(2)13-17/h4-6,9-13,19H,3,7-8,14H2,1-2H3,(H2,24,25)(H,27,31)(H,28,32)/t19-/m1/s1. The van der Waals surface area contributed by atoms with Gasteiger partial charge < -0.3 is 21.3 Å². The first-order valence-electron chi connectivity index (χ1n) is 10.6. The molecule has 0 unspecified atom stereocenters. The van der Waals surface area contributed by atoms with E-state index >= 15 is 0 Å². The Hall–Kier alpha value is -3.88. The van der Waals surface area contributed by atoms with E-state index in [0.29, 0.717) is 25.1 Å². The molecule has 3 heterocycles. The minimum atomic E-state index is -0.302. The number of aryl methyl sites for hydroxylation is 2. The summed E-state index contributed by atoms with van der Waals surface area (Å²) in [5.41, 5.74) is 9.82. The van der Waals surface area contributed by atoms with E-state index in [9.17, 15) is 9.59 Å². The number of nitrogens with zero attached hydrogens (tertiary/aromatic N) is 4. The molecular weight excluding hydrogens is 406 g/mol. The molecule has 1 aliphatic heterocycles. The topological polar surface area (TPSA) is 118 Å². The van der Waals surface area contributed by atoms with Crippen molar-refractivity contribution in [3.8, 4) is 11.1 Å². The van der Waals surface area contributed by atoms with Crippen molar-refractivity contribution in [1.82, 2.24) is 25.0 Å². The van der Waals surface area contributed by atoms with Gasteiger partial charge in [0.05, 0.1) is 11.8 Å². The van der Waals surface area contributed by atoms with Gasteiger partial charge in [0.15, 0.2) is 0 Å². The lowest BCUT2D eigenvalue weighted by Gasteiger charge is -2.18. The molecule has 1 aliphatic rings. The second-order valence-electron chi connectivity index (χ2n) is 7.95. The number of urea groups is 1. The van der Waals surface area contributed by atoms with E-state index in [1.165, 1.54) is 0 Å². The average molecular weight is 434 g/mol. The van der Waals surface area contributed by atoms with E-state index in [1.807, 2.05) is 37.5 Å². The summed E-state index contributed by atoms with van der Waals surface area (Å²) in [4.78, 5) is 31.4. The number of hydrogen-bond acceptors (Lipinski definition) is 5. The van der Waals surface area contributed by atoms with Gasteiger partial charge in [0.25, 0.3) is 5.91 Å². The summed E-state index contributed by atoms with van der Waals surface area (Å²) in [7, 11) is 1.82. The van der Waals surface area contributed by atoms with Crippen molar-refractivity contribution >= 4 is 23.4 Å². The van der Waals surface area contributed by atoms with Crippen LogP contribution in [0.25, 0.3) is 11.1 Å². The molecule has 9 heteroatoms. The first kappa shape index (κ1) is 21.4. The van der Waals surface area contributed by atoms with Gasteiger partial charge in [-0.05, 0) is 36.6 Å². The van der Waals surface area contributed by atoms with Crippen LogP contribution in [-0.2, 0) is 13.5 Å². The van der Waals surface area contributed by atoms with Gasteiger partial charge in [-0.2, -0.15) is 5.10 Å². The Balaban J connectivity index is 1.38. The van der Waals surface area contributed by atoms with Gasteiger partial charge in [-0.25, -0.2) is 9.78 Å². The van der Waals surface area contributed by atoms with Crippen molar-refractivity contribution in [3.05, 3.63) is 60.0 Å². The molecule has 32 heavy (non-hydrogen) atoms. The highest BCUT2D eigenvalue weighted by Crippen LogP contribution is 2.22. The van der Waals surface area contributed by atoms with Gasteiger partial charge in [0.2, 0.25) is 0 Å². The molecule has 166 valence electrons. The second kappa shape index (κ2) is 9.09. The number of anilines is 2. The van der Waals surface area contributed by atoms with E-state index in [4.69, 9.17) is 5.73 Å². The molecule has 0 aliphatic carbocycles. The molecule has 1 fully saturated rings. The highest BCUT2D eigenvalue weighted by atomic mass is 16.2. The normalized spacial score (nSPS) is 15.6. The molecule has 3 amide bonds. The molecule has 0 radical (unpaired) electrons. The summed E-state index contributed by atoms with van der Waals surface area (Å²) < 4.78 is 1.68. The number of rotatable bonds is 5. The van der Waals surface area contributed by atoms with E-state index in [2.05, 4.69) is 27.6 Å². The highest BCUT2D eigenvalue weighted by molar-refractivity contribution is 5.99. The highest BCUT2D eigenvalue weighted by Gasteiger charge is 2.28. The van der Waals surface area contributed by atoms with Crippen molar-refractivity contribution in [1.29, 1.82) is 0 Å². The molecule has 4 N–H and O–H groups in total. The number of carbonyl (C=O) groups excluding carboxylic acids is 2. The first-order chi connectivity index (χ1) is 15.4. The smallest absolute Gasteiger partial charge is 0.321 e. The molecule has 4 rings (SSSR count). The number of nitrogens with two attached hydrogens (primary N) is 1. The molecule has 0 saturated carbocycles. The number of nitrogens with one attached hydrogen (secondary N) is 2.